The molecule has 0 radical (unpaired) electrons. The summed E-state index contributed by atoms with van der Waals surface area (Å²) in [4.78, 5) is 17.6. The van der Waals surface area contributed by atoms with Crippen molar-refractivity contribution in [1.29, 1.82) is 5.26 Å². The maximum atomic E-state index is 12.9. The predicted octanol–water partition coefficient (Wildman–Crippen LogP) is 3.73. The van der Waals surface area contributed by atoms with Crippen LogP contribution in [0.5, 0.6) is 0 Å². The van der Waals surface area contributed by atoms with Gasteiger partial charge in [0, 0.05) is 12.0 Å². The van der Waals surface area contributed by atoms with E-state index in [1.54, 1.807) is 4.52 Å². The highest BCUT2D eigenvalue weighted by molar-refractivity contribution is 6.04. The smallest absolute Gasteiger partial charge is 0.173 e. The Morgan fingerprint density at radius 1 is 1.20 bits per heavy atom. The molecular formula is C20H18N4O. The molecule has 0 N–H and O–H groups in total. The summed E-state index contributed by atoms with van der Waals surface area (Å²) in [5.74, 6) is 0.0882. The second-order valence-corrected chi connectivity index (χ2v) is 7.49. The van der Waals surface area contributed by atoms with Gasteiger partial charge in [-0.2, -0.15) is 10.4 Å². The zero-order chi connectivity index (χ0) is 17.8. The number of carbonyl (C=O) groups is 1. The topological polar surface area (TPSA) is 71.1 Å². The number of aryl methyl sites for hydroxylation is 1. The Hall–Kier alpha value is -3.00. The van der Waals surface area contributed by atoms with Crippen molar-refractivity contribution in [2.75, 3.05) is 0 Å². The van der Waals surface area contributed by atoms with Crippen LogP contribution in [0.3, 0.4) is 0 Å². The van der Waals surface area contributed by atoms with Crippen LogP contribution in [0.2, 0.25) is 0 Å². The number of fused-ring (bicyclic) bond motifs is 2. The monoisotopic (exact) mass is 330 g/mol. The van der Waals surface area contributed by atoms with Crippen molar-refractivity contribution in [1.82, 2.24) is 14.6 Å². The summed E-state index contributed by atoms with van der Waals surface area (Å²) < 4.78 is 1.64. The number of nitriles is 1. The Morgan fingerprint density at radius 2 is 1.92 bits per heavy atom. The van der Waals surface area contributed by atoms with Crippen molar-refractivity contribution in [3.05, 3.63) is 52.8 Å². The molecule has 0 saturated carbocycles. The first-order valence-electron chi connectivity index (χ1n) is 8.30. The number of hydrogen-bond acceptors (Lipinski definition) is 4. The number of hydrogen-bond donors (Lipinski definition) is 0. The lowest BCUT2D eigenvalue weighted by atomic mass is 9.75. The quantitative estimate of drug-likeness (QED) is 0.681. The third-order valence-electron chi connectivity index (χ3n) is 4.73. The second kappa shape index (κ2) is 5.25. The van der Waals surface area contributed by atoms with E-state index >= 15 is 0 Å². The fraction of sp³-hybridized carbons (Fsp3) is 0.300. The molecular weight excluding hydrogens is 312 g/mol. The Balaban J connectivity index is 2.11. The molecule has 1 aliphatic rings. The third kappa shape index (κ3) is 2.42. The molecule has 2 aromatic heterocycles. The minimum absolute atomic E-state index is 0.0882. The zero-order valence-corrected chi connectivity index (χ0v) is 14.5. The Labute approximate surface area is 145 Å². The van der Waals surface area contributed by atoms with Gasteiger partial charge in [0.05, 0.1) is 23.1 Å². The molecule has 1 aliphatic carbocycles. The van der Waals surface area contributed by atoms with Gasteiger partial charge in [0.15, 0.2) is 11.4 Å². The number of aromatic nitrogens is 3. The molecule has 0 fully saturated rings. The van der Waals surface area contributed by atoms with E-state index in [9.17, 15) is 10.1 Å². The van der Waals surface area contributed by atoms with Crippen molar-refractivity contribution in [3.63, 3.8) is 0 Å². The molecule has 0 saturated heterocycles. The van der Waals surface area contributed by atoms with Crippen LogP contribution in [0.15, 0.2) is 30.5 Å². The molecule has 1 aromatic carbocycles. The molecule has 124 valence electrons. The number of ketones is 1. The zero-order valence-electron chi connectivity index (χ0n) is 14.5. The number of rotatable bonds is 1. The van der Waals surface area contributed by atoms with Crippen molar-refractivity contribution in [2.45, 2.75) is 33.6 Å². The summed E-state index contributed by atoms with van der Waals surface area (Å²) in [5, 5.41) is 13.7. The molecule has 0 unspecified atom stereocenters. The first kappa shape index (κ1) is 15.5. The van der Waals surface area contributed by atoms with E-state index < -0.39 is 0 Å². The van der Waals surface area contributed by atoms with Crippen molar-refractivity contribution < 1.29 is 4.79 Å². The van der Waals surface area contributed by atoms with E-state index in [4.69, 9.17) is 0 Å². The Bertz CT molecular complexity index is 1050. The highest BCUT2D eigenvalue weighted by Crippen LogP contribution is 2.38. The van der Waals surface area contributed by atoms with E-state index in [0.29, 0.717) is 29.6 Å². The fourth-order valence-corrected chi connectivity index (χ4v) is 3.56. The third-order valence-corrected chi connectivity index (χ3v) is 4.73. The predicted molar refractivity (Wildman–Crippen MR) is 94.3 cm³/mol. The van der Waals surface area contributed by atoms with E-state index in [1.807, 2.05) is 31.2 Å². The van der Waals surface area contributed by atoms with Crippen LogP contribution >= 0.6 is 0 Å². The van der Waals surface area contributed by atoms with Gasteiger partial charge >= 0.3 is 0 Å². The van der Waals surface area contributed by atoms with Gasteiger partial charge in [-0.05, 0) is 18.8 Å². The normalized spacial score (nSPS) is 15.8. The maximum Gasteiger partial charge on any atom is 0.173 e. The summed E-state index contributed by atoms with van der Waals surface area (Å²) in [6.45, 7) is 6.18. The first-order chi connectivity index (χ1) is 11.9. The van der Waals surface area contributed by atoms with E-state index in [2.05, 4.69) is 30.0 Å². The largest absolute Gasteiger partial charge is 0.294 e. The molecule has 25 heavy (non-hydrogen) atoms. The van der Waals surface area contributed by atoms with Crippen LogP contribution in [0, 0.1) is 23.7 Å². The molecule has 0 atom stereocenters. The molecule has 5 nitrogen and oxygen atoms in total. The summed E-state index contributed by atoms with van der Waals surface area (Å²) in [6, 6.07) is 10.2. The van der Waals surface area contributed by atoms with Crippen LogP contribution in [0.25, 0.3) is 16.9 Å². The van der Waals surface area contributed by atoms with Gasteiger partial charge in [-0.15, -0.1) is 0 Å². The van der Waals surface area contributed by atoms with Gasteiger partial charge in [-0.1, -0.05) is 43.7 Å². The second-order valence-electron chi connectivity index (χ2n) is 7.49. The molecule has 0 amide bonds. The lowest BCUT2D eigenvalue weighted by Crippen LogP contribution is -2.29. The van der Waals surface area contributed by atoms with E-state index in [0.717, 1.165) is 22.5 Å². The Kier molecular flexibility index (Phi) is 3.26. The summed E-state index contributed by atoms with van der Waals surface area (Å²) in [6.07, 6.45) is 2.71. The molecule has 5 heteroatoms. The molecule has 4 rings (SSSR count). The molecule has 2 heterocycles. The number of Topliss-reactive ketones (excluding diaryl/α,β-unsaturated/α-hetero) is 1. The SMILES string of the molecule is Cc1ccc(-c2c3c(nc4c(C#N)cnn24)CC(C)(C)CC3=O)cc1. The van der Waals surface area contributed by atoms with Crippen molar-refractivity contribution in [2.24, 2.45) is 5.41 Å². The number of nitrogens with zero attached hydrogens (tertiary/aromatic N) is 4. The van der Waals surface area contributed by atoms with Crippen molar-refractivity contribution >= 4 is 11.4 Å². The standard InChI is InChI=1S/C20H18N4O/c1-12-4-6-13(7-5-12)18-17-15(8-20(2,3)9-16(17)25)23-19-14(10-21)11-22-24(18)19/h4-7,11H,8-9H2,1-3H3. The lowest BCUT2D eigenvalue weighted by molar-refractivity contribution is 0.0910. The average Bonchev–Trinajstić information content (AvgIpc) is 2.95. The van der Waals surface area contributed by atoms with Crippen LogP contribution in [-0.2, 0) is 6.42 Å². The van der Waals surface area contributed by atoms with Gasteiger partial charge in [-0.3, -0.25) is 4.79 Å². The minimum atomic E-state index is -0.132. The lowest BCUT2D eigenvalue weighted by Gasteiger charge is -2.30. The summed E-state index contributed by atoms with van der Waals surface area (Å²) in [5.41, 5.74) is 5.01. The van der Waals surface area contributed by atoms with Crippen LogP contribution in [-0.4, -0.2) is 20.4 Å². The summed E-state index contributed by atoms with van der Waals surface area (Å²) in [7, 11) is 0. The van der Waals surface area contributed by atoms with E-state index in [1.165, 1.54) is 6.20 Å². The van der Waals surface area contributed by atoms with Crippen molar-refractivity contribution in [3.8, 4) is 17.3 Å². The van der Waals surface area contributed by atoms with Crippen LogP contribution < -0.4 is 0 Å². The maximum absolute atomic E-state index is 12.9. The molecule has 0 aliphatic heterocycles. The van der Waals surface area contributed by atoms with Gasteiger partial charge in [-0.25, -0.2) is 9.50 Å². The molecule has 0 bridgehead atoms. The Morgan fingerprint density at radius 3 is 2.60 bits per heavy atom. The van der Waals surface area contributed by atoms with Crippen LogP contribution in [0.1, 0.15) is 47.4 Å². The van der Waals surface area contributed by atoms with Gasteiger partial charge < -0.3 is 0 Å². The number of benzene rings is 1. The highest BCUT2D eigenvalue weighted by atomic mass is 16.1. The summed E-state index contributed by atoms with van der Waals surface area (Å²) >= 11 is 0. The van der Waals surface area contributed by atoms with Gasteiger partial charge in [0.1, 0.15) is 11.6 Å². The molecule has 0 spiro atoms. The fourth-order valence-electron chi connectivity index (χ4n) is 3.56. The first-order valence-corrected chi connectivity index (χ1v) is 8.30. The van der Waals surface area contributed by atoms with E-state index in [-0.39, 0.29) is 11.2 Å². The van der Waals surface area contributed by atoms with Gasteiger partial charge in [0.2, 0.25) is 0 Å². The van der Waals surface area contributed by atoms with Crippen LogP contribution in [0.4, 0.5) is 0 Å². The highest BCUT2D eigenvalue weighted by Gasteiger charge is 2.35. The van der Waals surface area contributed by atoms with Gasteiger partial charge in [0.25, 0.3) is 0 Å². The minimum Gasteiger partial charge on any atom is -0.294 e. The number of carbonyl (C=O) groups excluding carboxylic acids is 1. The molecule has 3 aromatic rings. The average molecular weight is 330 g/mol.